The van der Waals surface area contributed by atoms with Gasteiger partial charge < -0.3 is 9.80 Å². The second-order valence-electron chi connectivity index (χ2n) is 8.51. The van der Waals surface area contributed by atoms with Crippen LogP contribution >= 0.6 is 0 Å². The van der Waals surface area contributed by atoms with Gasteiger partial charge in [0.2, 0.25) is 15.9 Å². The van der Waals surface area contributed by atoms with E-state index in [2.05, 4.69) is 41.7 Å². The van der Waals surface area contributed by atoms with Gasteiger partial charge in [0.1, 0.15) is 0 Å². The molecule has 1 N–H and O–H groups in total. The summed E-state index contributed by atoms with van der Waals surface area (Å²) in [7, 11) is -3.49. The molecule has 31 heavy (non-hydrogen) atoms. The average Bonchev–Trinajstić information content (AvgIpc) is 2.73. The van der Waals surface area contributed by atoms with Gasteiger partial charge in [-0.3, -0.25) is 4.79 Å². The minimum Gasteiger partial charge on any atom is -0.368 e. The molecule has 0 saturated carbocycles. The Morgan fingerprint density at radius 3 is 2.26 bits per heavy atom. The van der Waals surface area contributed by atoms with E-state index in [9.17, 15) is 13.2 Å². The van der Waals surface area contributed by atoms with Gasteiger partial charge in [-0.15, -0.1) is 0 Å². The van der Waals surface area contributed by atoms with Gasteiger partial charge in [0.05, 0.1) is 4.90 Å². The molecule has 2 aromatic carbocycles. The zero-order valence-electron chi connectivity index (χ0n) is 18.9. The predicted octanol–water partition coefficient (Wildman–Crippen LogP) is 3.27. The Hall–Kier alpha value is -2.38. The maximum Gasteiger partial charge on any atom is 0.240 e. The minimum absolute atomic E-state index is 0.152. The number of aryl methyl sites for hydroxylation is 2. The van der Waals surface area contributed by atoms with Crippen molar-refractivity contribution < 1.29 is 13.2 Å². The van der Waals surface area contributed by atoms with Gasteiger partial charge in [-0.05, 0) is 69.0 Å². The fourth-order valence-electron chi connectivity index (χ4n) is 3.90. The Kier molecular flexibility index (Phi) is 7.38. The normalized spacial score (nSPS) is 14.9. The lowest BCUT2D eigenvalue weighted by atomic mass is 10.1. The second kappa shape index (κ2) is 9.83. The number of piperazine rings is 1. The molecule has 0 radical (unpaired) electrons. The topological polar surface area (TPSA) is 69.7 Å². The van der Waals surface area contributed by atoms with Crippen LogP contribution in [0.15, 0.2) is 47.4 Å². The van der Waals surface area contributed by atoms with Crippen LogP contribution in [0.4, 0.5) is 5.69 Å². The van der Waals surface area contributed by atoms with Crippen LogP contribution in [0.25, 0.3) is 0 Å². The molecule has 0 spiro atoms. The molecule has 1 aliphatic heterocycles. The smallest absolute Gasteiger partial charge is 0.240 e. The van der Waals surface area contributed by atoms with Crippen LogP contribution in [-0.2, 0) is 21.2 Å². The van der Waals surface area contributed by atoms with Crippen LogP contribution in [0.3, 0.4) is 0 Å². The summed E-state index contributed by atoms with van der Waals surface area (Å²) in [5.41, 5.74) is 4.81. The van der Waals surface area contributed by atoms with Gasteiger partial charge in [-0.2, -0.15) is 0 Å². The zero-order chi connectivity index (χ0) is 22.6. The van der Waals surface area contributed by atoms with Crippen molar-refractivity contribution in [2.75, 3.05) is 31.1 Å². The van der Waals surface area contributed by atoms with E-state index in [1.54, 1.807) is 38.1 Å². The van der Waals surface area contributed by atoms with E-state index in [4.69, 9.17) is 0 Å². The van der Waals surface area contributed by atoms with Crippen molar-refractivity contribution in [3.05, 3.63) is 59.2 Å². The van der Waals surface area contributed by atoms with Crippen LogP contribution < -0.4 is 9.62 Å². The van der Waals surface area contributed by atoms with E-state index in [1.807, 2.05) is 4.90 Å². The molecule has 1 amide bonds. The number of benzene rings is 2. The fraction of sp³-hybridized carbons (Fsp3) is 0.458. The summed E-state index contributed by atoms with van der Waals surface area (Å²) >= 11 is 0. The maximum atomic E-state index is 12.7. The molecule has 0 aliphatic carbocycles. The molecular weight excluding hydrogens is 410 g/mol. The van der Waals surface area contributed by atoms with Crippen LogP contribution in [0.1, 0.15) is 37.0 Å². The summed E-state index contributed by atoms with van der Waals surface area (Å²) in [5, 5.41) is 0. The van der Waals surface area contributed by atoms with Gasteiger partial charge in [0.15, 0.2) is 0 Å². The number of amides is 1. The number of anilines is 1. The van der Waals surface area contributed by atoms with Crippen LogP contribution in [0.2, 0.25) is 0 Å². The third-order valence-corrected chi connectivity index (χ3v) is 7.48. The molecule has 0 unspecified atom stereocenters. The lowest BCUT2D eigenvalue weighted by Crippen LogP contribution is -2.49. The standard InChI is InChI=1S/C24H33N3O3S/c1-18(2)25-31(29,30)22-11-8-21(9-12-22)10-13-24(28)27-16-14-26(15-17-27)23-7-5-6-19(3)20(23)4/h5-9,11-12,18,25H,10,13-17H2,1-4H3. The van der Waals surface area contributed by atoms with Gasteiger partial charge in [0, 0.05) is 44.3 Å². The first-order valence-electron chi connectivity index (χ1n) is 10.9. The summed E-state index contributed by atoms with van der Waals surface area (Å²) in [5.74, 6) is 0.152. The lowest BCUT2D eigenvalue weighted by Gasteiger charge is -2.37. The number of nitrogens with one attached hydrogen (secondary N) is 1. The number of hydrogen-bond donors (Lipinski definition) is 1. The molecule has 7 heteroatoms. The predicted molar refractivity (Wildman–Crippen MR) is 125 cm³/mol. The Morgan fingerprint density at radius 2 is 1.65 bits per heavy atom. The number of hydrogen-bond acceptors (Lipinski definition) is 4. The summed E-state index contributed by atoms with van der Waals surface area (Å²) in [6.45, 7) is 11.0. The molecule has 1 aliphatic rings. The van der Waals surface area contributed by atoms with E-state index < -0.39 is 10.0 Å². The van der Waals surface area contributed by atoms with E-state index >= 15 is 0 Å². The first-order valence-corrected chi connectivity index (χ1v) is 12.4. The van der Waals surface area contributed by atoms with E-state index in [-0.39, 0.29) is 16.8 Å². The highest BCUT2D eigenvalue weighted by Gasteiger charge is 2.22. The highest BCUT2D eigenvalue weighted by Crippen LogP contribution is 2.24. The molecule has 6 nitrogen and oxygen atoms in total. The van der Waals surface area contributed by atoms with Crippen molar-refractivity contribution >= 4 is 21.6 Å². The van der Waals surface area contributed by atoms with Crippen molar-refractivity contribution in [2.24, 2.45) is 0 Å². The largest absolute Gasteiger partial charge is 0.368 e. The number of carbonyl (C=O) groups is 1. The first kappa shape index (κ1) is 23.3. The number of rotatable bonds is 7. The monoisotopic (exact) mass is 443 g/mol. The Bertz CT molecular complexity index is 1010. The number of carbonyl (C=O) groups excluding carboxylic acids is 1. The van der Waals surface area contributed by atoms with Gasteiger partial charge in [-0.25, -0.2) is 13.1 Å². The van der Waals surface area contributed by atoms with Crippen molar-refractivity contribution in [3.63, 3.8) is 0 Å². The van der Waals surface area contributed by atoms with Gasteiger partial charge in [0.25, 0.3) is 0 Å². The molecule has 1 saturated heterocycles. The molecule has 0 aromatic heterocycles. The molecule has 0 bridgehead atoms. The highest BCUT2D eigenvalue weighted by atomic mass is 32.2. The average molecular weight is 444 g/mol. The first-order chi connectivity index (χ1) is 14.7. The summed E-state index contributed by atoms with van der Waals surface area (Å²) < 4.78 is 27.0. The Morgan fingerprint density at radius 1 is 1.00 bits per heavy atom. The molecule has 2 aromatic rings. The summed E-state index contributed by atoms with van der Waals surface area (Å²) in [4.78, 5) is 17.2. The van der Waals surface area contributed by atoms with Crippen molar-refractivity contribution in [1.29, 1.82) is 0 Å². The van der Waals surface area contributed by atoms with E-state index in [0.29, 0.717) is 12.8 Å². The van der Waals surface area contributed by atoms with Crippen molar-refractivity contribution in [1.82, 2.24) is 9.62 Å². The van der Waals surface area contributed by atoms with E-state index in [1.165, 1.54) is 16.8 Å². The molecule has 1 fully saturated rings. The molecule has 3 rings (SSSR count). The van der Waals surface area contributed by atoms with E-state index in [0.717, 1.165) is 31.7 Å². The number of sulfonamides is 1. The SMILES string of the molecule is Cc1cccc(N2CCN(C(=O)CCc3ccc(S(=O)(=O)NC(C)C)cc3)CC2)c1C. The minimum atomic E-state index is -3.49. The highest BCUT2D eigenvalue weighted by molar-refractivity contribution is 7.89. The number of nitrogens with zero attached hydrogens (tertiary/aromatic N) is 2. The third-order valence-electron chi connectivity index (χ3n) is 5.80. The lowest BCUT2D eigenvalue weighted by molar-refractivity contribution is -0.131. The van der Waals surface area contributed by atoms with Crippen molar-refractivity contribution in [3.8, 4) is 0 Å². The van der Waals surface area contributed by atoms with Crippen LogP contribution in [-0.4, -0.2) is 51.4 Å². The molecule has 168 valence electrons. The van der Waals surface area contributed by atoms with Crippen LogP contribution in [0, 0.1) is 13.8 Å². The quantitative estimate of drug-likeness (QED) is 0.713. The molecule has 0 atom stereocenters. The summed E-state index contributed by atoms with van der Waals surface area (Å²) in [6, 6.07) is 13.0. The Labute approximate surface area is 186 Å². The summed E-state index contributed by atoms with van der Waals surface area (Å²) in [6.07, 6.45) is 1.04. The second-order valence-corrected chi connectivity index (χ2v) is 10.2. The third kappa shape index (κ3) is 5.86. The van der Waals surface area contributed by atoms with Gasteiger partial charge >= 0.3 is 0 Å². The van der Waals surface area contributed by atoms with Crippen molar-refractivity contribution in [2.45, 2.75) is 51.5 Å². The molecular formula is C24H33N3O3S. The van der Waals surface area contributed by atoms with Gasteiger partial charge in [-0.1, -0.05) is 24.3 Å². The fourth-order valence-corrected chi connectivity index (χ4v) is 5.15. The van der Waals surface area contributed by atoms with Crippen LogP contribution in [0.5, 0.6) is 0 Å². The zero-order valence-corrected chi connectivity index (χ0v) is 19.7. The molecule has 1 heterocycles. The Balaban J connectivity index is 1.51. The maximum absolute atomic E-state index is 12.7.